The topological polar surface area (TPSA) is 51.5 Å². The van der Waals surface area contributed by atoms with Gasteiger partial charge in [-0.05, 0) is 31.5 Å². The smallest absolute Gasteiger partial charge is 0.200 e. The lowest BCUT2D eigenvalue weighted by molar-refractivity contribution is 0.382. The number of ether oxygens (including phenoxy) is 1. The van der Waals surface area contributed by atoms with Crippen molar-refractivity contribution in [2.24, 2.45) is 0 Å². The van der Waals surface area contributed by atoms with Crippen LogP contribution in [0.5, 0.6) is 5.88 Å². The van der Waals surface area contributed by atoms with Crippen LogP contribution >= 0.6 is 0 Å². The van der Waals surface area contributed by atoms with Crippen LogP contribution in [0.4, 0.5) is 0 Å². The second-order valence-electron chi connectivity index (χ2n) is 4.36. The maximum atomic E-state index is 5.38. The summed E-state index contributed by atoms with van der Waals surface area (Å²) in [6.07, 6.45) is 2.35. The Bertz CT molecular complexity index is 516. The van der Waals surface area contributed by atoms with E-state index in [1.807, 2.05) is 22.6 Å². The molecule has 1 atom stereocenters. The molecule has 2 aromatic heterocycles. The fourth-order valence-corrected chi connectivity index (χ4v) is 2.43. The van der Waals surface area contributed by atoms with Gasteiger partial charge in [-0.15, -0.1) is 10.2 Å². The number of nitrogens with one attached hydrogen (secondary N) is 1. The highest BCUT2D eigenvalue weighted by atomic mass is 16.5. The van der Waals surface area contributed by atoms with Crippen molar-refractivity contribution in [3.05, 3.63) is 24.0 Å². The Morgan fingerprint density at radius 2 is 2.35 bits per heavy atom. The summed E-state index contributed by atoms with van der Waals surface area (Å²) in [5.41, 5.74) is 0.852. The van der Waals surface area contributed by atoms with Crippen molar-refractivity contribution < 1.29 is 4.74 Å². The van der Waals surface area contributed by atoms with E-state index in [1.54, 1.807) is 7.11 Å². The molecule has 0 radical (unpaired) electrons. The Morgan fingerprint density at radius 1 is 1.41 bits per heavy atom. The summed E-state index contributed by atoms with van der Waals surface area (Å²) in [7, 11) is 1.68. The van der Waals surface area contributed by atoms with Gasteiger partial charge in [0.1, 0.15) is 5.82 Å². The first kappa shape index (κ1) is 10.5. The highest BCUT2D eigenvalue weighted by molar-refractivity contribution is 5.42. The monoisotopic (exact) mass is 232 g/mol. The number of hydrogen-bond donors (Lipinski definition) is 1. The van der Waals surface area contributed by atoms with E-state index in [1.165, 1.54) is 6.42 Å². The van der Waals surface area contributed by atoms with Gasteiger partial charge in [0.2, 0.25) is 5.88 Å². The molecule has 90 valence electrons. The average molecular weight is 232 g/mol. The second-order valence-corrected chi connectivity index (χ2v) is 4.36. The van der Waals surface area contributed by atoms with Crippen LogP contribution in [0.25, 0.3) is 5.65 Å². The van der Waals surface area contributed by atoms with Crippen LogP contribution in [0.2, 0.25) is 0 Å². The molecule has 0 spiro atoms. The lowest BCUT2D eigenvalue weighted by Crippen LogP contribution is -2.29. The zero-order valence-corrected chi connectivity index (χ0v) is 9.89. The first-order valence-electron chi connectivity index (χ1n) is 5.99. The van der Waals surface area contributed by atoms with Gasteiger partial charge in [-0.2, -0.15) is 0 Å². The summed E-state index contributed by atoms with van der Waals surface area (Å²) >= 11 is 0. The molecule has 1 fully saturated rings. The minimum absolute atomic E-state index is 0.426. The number of fused-ring (bicyclic) bond motifs is 1. The van der Waals surface area contributed by atoms with Gasteiger partial charge in [-0.1, -0.05) is 6.07 Å². The van der Waals surface area contributed by atoms with Crippen molar-refractivity contribution >= 4 is 5.65 Å². The van der Waals surface area contributed by atoms with Gasteiger partial charge in [-0.3, -0.25) is 0 Å². The molecule has 3 rings (SSSR count). The third-order valence-electron chi connectivity index (χ3n) is 3.29. The highest BCUT2D eigenvalue weighted by Gasteiger charge is 2.21. The largest absolute Gasteiger partial charge is 0.482 e. The Hall–Kier alpha value is -1.62. The van der Waals surface area contributed by atoms with Gasteiger partial charge in [0.15, 0.2) is 5.65 Å². The predicted octanol–water partition coefficient (Wildman–Crippen LogP) is 1.20. The number of hydrogen-bond acceptors (Lipinski definition) is 4. The van der Waals surface area contributed by atoms with E-state index in [0.29, 0.717) is 5.92 Å². The normalized spacial score (nSPS) is 20.6. The summed E-state index contributed by atoms with van der Waals surface area (Å²) in [6, 6.07) is 5.83. The molecule has 0 aromatic carbocycles. The van der Waals surface area contributed by atoms with E-state index in [-0.39, 0.29) is 0 Å². The molecule has 1 N–H and O–H groups in total. The Balaban J connectivity index is 2.09. The van der Waals surface area contributed by atoms with Crippen molar-refractivity contribution in [3.63, 3.8) is 0 Å². The van der Waals surface area contributed by atoms with E-state index < -0.39 is 0 Å². The number of piperidine rings is 1. The average Bonchev–Trinajstić information content (AvgIpc) is 2.83. The molecule has 1 saturated heterocycles. The summed E-state index contributed by atoms with van der Waals surface area (Å²) in [5, 5.41) is 11.9. The first-order valence-corrected chi connectivity index (χ1v) is 5.99. The molecule has 1 unspecified atom stereocenters. The van der Waals surface area contributed by atoms with Crippen molar-refractivity contribution in [2.45, 2.75) is 18.8 Å². The van der Waals surface area contributed by atoms with Crippen LogP contribution in [0.1, 0.15) is 24.6 Å². The van der Waals surface area contributed by atoms with E-state index in [4.69, 9.17) is 4.74 Å². The zero-order chi connectivity index (χ0) is 11.7. The summed E-state index contributed by atoms with van der Waals surface area (Å²) < 4.78 is 7.39. The number of aromatic nitrogens is 3. The van der Waals surface area contributed by atoms with Gasteiger partial charge in [0.25, 0.3) is 0 Å². The second kappa shape index (κ2) is 4.33. The van der Waals surface area contributed by atoms with E-state index in [0.717, 1.165) is 36.9 Å². The minimum atomic E-state index is 0.426. The Morgan fingerprint density at radius 3 is 3.12 bits per heavy atom. The summed E-state index contributed by atoms with van der Waals surface area (Å²) in [4.78, 5) is 0. The van der Waals surface area contributed by atoms with Gasteiger partial charge in [0.05, 0.1) is 7.11 Å². The summed E-state index contributed by atoms with van der Waals surface area (Å²) in [6.45, 7) is 2.07. The SMILES string of the molecule is COc1cccc2nnc(C3CCCNC3)n12. The lowest BCUT2D eigenvalue weighted by atomic mass is 9.99. The molecule has 1 aliphatic rings. The number of rotatable bonds is 2. The third-order valence-corrected chi connectivity index (χ3v) is 3.29. The Labute approximate surface area is 99.8 Å². The van der Waals surface area contributed by atoms with E-state index in [2.05, 4.69) is 15.5 Å². The molecule has 5 heteroatoms. The summed E-state index contributed by atoms with van der Waals surface area (Å²) in [5.74, 6) is 2.23. The fourth-order valence-electron chi connectivity index (χ4n) is 2.43. The van der Waals surface area contributed by atoms with Gasteiger partial charge in [0, 0.05) is 12.5 Å². The molecular formula is C12H16N4O. The van der Waals surface area contributed by atoms with Crippen molar-refractivity contribution in [1.82, 2.24) is 19.9 Å². The maximum absolute atomic E-state index is 5.38. The van der Waals surface area contributed by atoms with Crippen LogP contribution in [0.15, 0.2) is 18.2 Å². The van der Waals surface area contributed by atoms with Gasteiger partial charge >= 0.3 is 0 Å². The number of nitrogens with zero attached hydrogens (tertiary/aromatic N) is 3. The van der Waals surface area contributed by atoms with Gasteiger partial charge < -0.3 is 10.1 Å². The highest BCUT2D eigenvalue weighted by Crippen LogP contribution is 2.25. The van der Waals surface area contributed by atoms with Crippen LogP contribution in [-0.4, -0.2) is 34.8 Å². The maximum Gasteiger partial charge on any atom is 0.200 e. The molecule has 17 heavy (non-hydrogen) atoms. The molecule has 3 heterocycles. The number of pyridine rings is 1. The molecule has 0 saturated carbocycles. The molecule has 0 amide bonds. The van der Waals surface area contributed by atoms with E-state index >= 15 is 0 Å². The van der Waals surface area contributed by atoms with Crippen molar-refractivity contribution in [1.29, 1.82) is 0 Å². The zero-order valence-electron chi connectivity index (χ0n) is 9.89. The van der Waals surface area contributed by atoms with E-state index in [9.17, 15) is 0 Å². The molecule has 1 aliphatic heterocycles. The van der Waals surface area contributed by atoms with Crippen LogP contribution in [0.3, 0.4) is 0 Å². The fraction of sp³-hybridized carbons (Fsp3) is 0.500. The minimum Gasteiger partial charge on any atom is -0.482 e. The van der Waals surface area contributed by atoms with Gasteiger partial charge in [-0.25, -0.2) is 4.40 Å². The molecule has 5 nitrogen and oxygen atoms in total. The van der Waals surface area contributed by atoms with Crippen molar-refractivity contribution in [3.8, 4) is 5.88 Å². The first-order chi connectivity index (χ1) is 8.40. The molecule has 0 aliphatic carbocycles. The standard InChI is InChI=1S/C12H16N4O/c1-17-11-6-2-5-10-14-15-12(16(10)11)9-4-3-7-13-8-9/h2,5-6,9,13H,3-4,7-8H2,1H3. The molecule has 0 bridgehead atoms. The third kappa shape index (κ3) is 1.76. The van der Waals surface area contributed by atoms with Crippen LogP contribution in [0, 0.1) is 0 Å². The predicted molar refractivity (Wildman–Crippen MR) is 64.4 cm³/mol. The quantitative estimate of drug-likeness (QED) is 0.845. The lowest BCUT2D eigenvalue weighted by Gasteiger charge is -2.21. The molecule has 2 aromatic rings. The Kier molecular flexibility index (Phi) is 2.68. The van der Waals surface area contributed by atoms with Crippen molar-refractivity contribution in [2.75, 3.05) is 20.2 Å². The number of methoxy groups -OCH3 is 1. The van der Waals surface area contributed by atoms with Crippen LogP contribution < -0.4 is 10.1 Å². The molecular weight excluding hydrogens is 216 g/mol. The van der Waals surface area contributed by atoms with Crippen LogP contribution in [-0.2, 0) is 0 Å².